The van der Waals surface area contributed by atoms with Gasteiger partial charge in [-0.15, -0.1) is 0 Å². The van der Waals surface area contributed by atoms with Gasteiger partial charge in [0.2, 0.25) is 0 Å². The van der Waals surface area contributed by atoms with E-state index in [2.05, 4.69) is 27.2 Å². The number of amides is 1. The first kappa shape index (κ1) is 16.4. The lowest BCUT2D eigenvalue weighted by molar-refractivity contribution is 0.0996. The zero-order chi connectivity index (χ0) is 16.9. The molecule has 3 N–H and O–H groups in total. The molecule has 24 heavy (non-hydrogen) atoms. The van der Waals surface area contributed by atoms with Gasteiger partial charge in [-0.05, 0) is 37.4 Å². The van der Waals surface area contributed by atoms with E-state index in [1.807, 2.05) is 24.3 Å². The Morgan fingerprint density at radius 1 is 1.42 bits per heavy atom. The number of likely N-dealkylation sites (tertiary alicyclic amines) is 1. The lowest BCUT2D eigenvalue weighted by Crippen LogP contribution is -2.37. The van der Waals surface area contributed by atoms with Crippen molar-refractivity contribution >= 4 is 5.91 Å². The molecule has 2 heterocycles. The zero-order valence-corrected chi connectivity index (χ0v) is 13.9. The quantitative estimate of drug-likeness (QED) is 0.840. The number of ether oxygens (including phenoxy) is 1. The Labute approximate surface area is 141 Å². The van der Waals surface area contributed by atoms with Crippen molar-refractivity contribution in [2.24, 2.45) is 11.7 Å². The number of benzene rings is 1. The van der Waals surface area contributed by atoms with Crippen molar-refractivity contribution in [3.63, 3.8) is 0 Å². The maximum absolute atomic E-state index is 11.5. The molecular weight excluding hydrogens is 306 g/mol. The largest absolute Gasteiger partial charge is 0.492 e. The highest BCUT2D eigenvalue weighted by molar-refractivity contribution is 5.97. The van der Waals surface area contributed by atoms with Crippen molar-refractivity contribution < 1.29 is 9.53 Å². The number of hydrogen-bond acceptors (Lipinski definition) is 5. The van der Waals surface area contributed by atoms with Crippen LogP contribution in [-0.2, 0) is 0 Å². The molecule has 1 fully saturated rings. The van der Waals surface area contributed by atoms with E-state index in [1.54, 1.807) is 0 Å². The number of piperidine rings is 1. The van der Waals surface area contributed by atoms with Gasteiger partial charge in [-0.2, -0.15) is 15.4 Å². The summed E-state index contributed by atoms with van der Waals surface area (Å²) in [5, 5.41) is 10.3. The van der Waals surface area contributed by atoms with Gasteiger partial charge in [0.15, 0.2) is 5.69 Å². The summed E-state index contributed by atoms with van der Waals surface area (Å²) in [5.41, 5.74) is 6.61. The van der Waals surface area contributed by atoms with Crippen LogP contribution in [0.15, 0.2) is 24.3 Å². The number of nitrogens with one attached hydrogen (secondary N) is 1. The molecule has 3 rings (SSSR count). The van der Waals surface area contributed by atoms with E-state index in [0.717, 1.165) is 25.6 Å². The Morgan fingerprint density at radius 2 is 2.25 bits per heavy atom. The fraction of sp³-hybridized carbons (Fsp3) is 0.471. The number of carbonyl (C=O) groups excluding carboxylic acids is 1. The van der Waals surface area contributed by atoms with Crippen molar-refractivity contribution in [2.75, 3.05) is 26.2 Å². The third kappa shape index (κ3) is 3.73. The predicted molar refractivity (Wildman–Crippen MR) is 90.7 cm³/mol. The van der Waals surface area contributed by atoms with Gasteiger partial charge in [-0.25, -0.2) is 0 Å². The number of carbonyl (C=O) groups is 1. The summed E-state index contributed by atoms with van der Waals surface area (Å²) in [6, 6.07) is 7.48. The summed E-state index contributed by atoms with van der Waals surface area (Å²) in [6.45, 7) is 6.02. The first-order valence-corrected chi connectivity index (χ1v) is 8.30. The molecule has 128 valence electrons. The fourth-order valence-corrected chi connectivity index (χ4v) is 3.15. The van der Waals surface area contributed by atoms with Gasteiger partial charge in [0.25, 0.3) is 5.91 Å². The van der Waals surface area contributed by atoms with Crippen LogP contribution in [0.1, 0.15) is 30.3 Å². The van der Waals surface area contributed by atoms with Crippen molar-refractivity contribution in [3.8, 4) is 17.0 Å². The zero-order valence-electron chi connectivity index (χ0n) is 13.9. The normalized spacial score (nSPS) is 18.5. The maximum Gasteiger partial charge on any atom is 0.271 e. The minimum atomic E-state index is -0.615. The molecule has 1 aliphatic heterocycles. The number of primary amides is 1. The van der Waals surface area contributed by atoms with Gasteiger partial charge in [0, 0.05) is 18.7 Å². The predicted octanol–water partition coefficient (Wildman–Crippen LogP) is 1.68. The number of aromatic nitrogens is 3. The van der Waals surface area contributed by atoms with E-state index in [4.69, 9.17) is 10.5 Å². The number of rotatable bonds is 6. The Kier molecular flexibility index (Phi) is 5.10. The van der Waals surface area contributed by atoms with Crippen LogP contribution < -0.4 is 10.5 Å². The molecule has 0 saturated carbocycles. The van der Waals surface area contributed by atoms with Gasteiger partial charge >= 0.3 is 0 Å². The summed E-state index contributed by atoms with van der Waals surface area (Å²) in [7, 11) is 0. The summed E-state index contributed by atoms with van der Waals surface area (Å²) < 4.78 is 5.96. The van der Waals surface area contributed by atoms with Crippen LogP contribution in [0.5, 0.6) is 5.75 Å². The molecule has 2 aromatic rings. The molecule has 1 amide bonds. The highest BCUT2D eigenvalue weighted by Crippen LogP contribution is 2.29. The van der Waals surface area contributed by atoms with Gasteiger partial charge in [-0.1, -0.05) is 19.1 Å². The van der Waals surface area contributed by atoms with Crippen LogP contribution in [-0.4, -0.2) is 52.5 Å². The molecule has 1 aromatic carbocycles. The minimum absolute atomic E-state index is 0.121. The second kappa shape index (κ2) is 7.44. The smallest absolute Gasteiger partial charge is 0.271 e. The summed E-state index contributed by atoms with van der Waals surface area (Å²) in [5.74, 6) is 0.814. The van der Waals surface area contributed by atoms with E-state index in [-0.39, 0.29) is 5.69 Å². The van der Waals surface area contributed by atoms with Crippen molar-refractivity contribution in [1.82, 2.24) is 20.3 Å². The number of aromatic amines is 1. The first-order chi connectivity index (χ1) is 11.6. The minimum Gasteiger partial charge on any atom is -0.492 e. The Hall–Kier alpha value is -2.41. The van der Waals surface area contributed by atoms with E-state index in [0.29, 0.717) is 23.6 Å². The number of para-hydroxylation sites is 1. The van der Waals surface area contributed by atoms with E-state index in [1.165, 1.54) is 12.8 Å². The number of nitrogens with two attached hydrogens (primary N) is 1. The Bertz CT molecular complexity index is 700. The number of hydrogen-bond donors (Lipinski definition) is 2. The SMILES string of the molecule is CC1CCCN(CCOc2ccccc2-c2n[nH]nc2C(N)=O)C1. The van der Waals surface area contributed by atoms with E-state index >= 15 is 0 Å². The molecule has 0 aliphatic carbocycles. The van der Waals surface area contributed by atoms with Gasteiger partial charge in [0.1, 0.15) is 18.1 Å². The van der Waals surface area contributed by atoms with Gasteiger partial charge in [-0.3, -0.25) is 9.69 Å². The highest BCUT2D eigenvalue weighted by atomic mass is 16.5. The molecular formula is C17H23N5O2. The third-order valence-corrected chi connectivity index (χ3v) is 4.33. The second-order valence-electron chi connectivity index (χ2n) is 6.28. The number of nitrogens with zero attached hydrogens (tertiary/aromatic N) is 3. The molecule has 1 aliphatic rings. The standard InChI is InChI=1S/C17H23N5O2/c1-12-5-4-8-22(11-12)9-10-24-14-7-3-2-6-13(14)15-16(17(18)23)20-21-19-15/h2-3,6-7,12H,4-5,8-11H2,1H3,(H2,18,23)(H,19,20,21). The molecule has 0 radical (unpaired) electrons. The van der Waals surface area contributed by atoms with Gasteiger partial charge in [0.05, 0.1) is 0 Å². The summed E-state index contributed by atoms with van der Waals surface area (Å²) in [4.78, 5) is 13.9. The fourth-order valence-electron chi connectivity index (χ4n) is 3.15. The summed E-state index contributed by atoms with van der Waals surface area (Å²) >= 11 is 0. The van der Waals surface area contributed by atoms with Crippen LogP contribution in [0.3, 0.4) is 0 Å². The van der Waals surface area contributed by atoms with Crippen LogP contribution in [0.25, 0.3) is 11.3 Å². The van der Waals surface area contributed by atoms with Gasteiger partial charge < -0.3 is 10.5 Å². The molecule has 1 aromatic heterocycles. The monoisotopic (exact) mass is 329 g/mol. The second-order valence-corrected chi connectivity index (χ2v) is 6.28. The van der Waals surface area contributed by atoms with Crippen LogP contribution >= 0.6 is 0 Å². The Balaban J connectivity index is 1.68. The maximum atomic E-state index is 11.5. The van der Waals surface area contributed by atoms with Crippen molar-refractivity contribution in [3.05, 3.63) is 30.0 Å². The molecule has 0 bridgehead atoms. The average Bonchev–Trinajstić information content (AvgIpc) is 3.05. The molecule has 7 heteroatoms. The third-order valence-electron chi connectivity index (χ3n) is 4.33. The molecule has 1 unspecified atom stereocenters. The molecule has 1 saturated heterocycles. The van der Waals surface area contributed by atoms with Crippen LogP contribution in [0.4, 0.5) is 0 Å². The van der Waals surface area contributed by atoms with E-state index in [9.17, 15) is 4.79 Å². The topological polar surface area (TPSA) is 97.1 Å². The summed E-state index contributed by atoms with van der Waals surface area (Å²) in [6.07, 6.45) is 2.56. The lowest BCUT2D eigenvalue weighted by Gasteiger charge is -2.30. The number of H-pyrrole nitrogens is 1. The van der Waals surface area contributed by atoms with Crippen LogP contribution in [0, 0.1) is 5.92 Å². The molecule has 0 spiro atoms. The van der Waals surface area contributed by atoms with Crippen molar-refractivity contribution in [2.45, 2.75) is 19.8 Å². The van der Waals surface area contributed by atoms with Crippen LogP contribution in [0.2, 0.25) is 0 Å². The lowest BCUT2D eigenvalue weighted by atomic mass is 10.0. The Morgan fingerprint density at radius 3 is 3.04 bits per heavy atom. The molecule has 1 atom stereocenters. The average molecular weight is 329 g/mol. The molecule has 7 nitrogen and oxygen atoms in total. The first-order valence-electron chi connectivity index (χ1n) is 8.30. The van der Waals surface area contributed by atoms with E-state index < -0.39 is 5.91 Å². The highest BCUT2D eigenvalue weighted by Gasteiger charge is 2.19. The van der Waals surface area contributed by atoms with Crippen molar-refractivity contribution in [1.29, 1.82) is 0 Å².